The van der Waals surface area contributed by atoms with Crippen LogP contribution >= 0.6 is 11.6 Å². The molecule has 4 aromatic rings. The third kappa shape index (κ3) is 1.71. The van der Waals surface area contributed by atoms with Crippen LogP contribution in [-0.2, 0) is 0 Å². The Kier molecular flexibility index (Phi) is 1.09. The smallest absolute Gasteiger partial charge is 0.136 e. The van der Waals surface area contributed by atoms with Crippen LogP contribution in [0.2, 0.25) is 5.02 Å². The summed E-state index contributed by atoms with van der Waals surface area (Å²) in [6.07, 6.45) is 0. The van der Waals surface area contributed by atoms with Crippen molar-refractivity contribution in [1.82, 2.24) is 0 Å². The van der Waals surface area contributed by atoms with Crippen LogP contribution in [-0.4, -0.2) is 0 Å². The summed E-state index contributed by atoms with van der Waals surface area (Å²) in [5.41, 5.74) is -1.27. The number of halogens is 1. The fourth-order valence-corrected chi connectivity index (χ4v) is 2.08. The molecule has 0 amide bonds. The Morgan fingerprint density at radius 2 is 1.55 bits per heavy atom. The fraction of sp³-hybridized carbons (Fsp3) is 0. The highest BCUT2D eigenvalue weighted by Gasteiger charge is 2.09. The average Bonchev–Trinajstić information content (AvgIpc) is 3.15. The van der Waals surface area contributed by atoms with Gasteiger partial charge in [0, 0.05) is 21.4 Å². The van der Waals surface area contributed by atoms with E-state index in [2.05, 4.69) is 0 Å². The molecule has 4 rings (SSSR count). The summed E-state index contributed by atoms with van der Waals surface area (Å²) < 4.78 is 94.5. The Balaban J connectivity index is 2.27. The quantitative estimate of drug-likeness (QED) is 0.425. The van der Waals surface area contributed by atoms with Gasteiger partial charge >= 0.3 is 0 Å². The SMILES string of the molecule is [2H]c1c([2H])c([2H])c(-c2c([2H])c([2H])c3c(oc4c([2H])c([2H])c([2H])c([2H])c43)c2[2H])c(Cl)c1[2H]. The molecule has 0 fully saturated rings. The molecule has 0 unspecified atom stereocenters. The lowest BCUT2D eigenvalue weighted by Gasteiger charge is -2.03. The van der Waals surface area contributed by atoms with Crippen LogP contribution < -0.4 is 0 Å². The van der Waals surface area contributed by atoms with Gasteiger partial charge in [-0.05, 0) is 29.7 Å². The predicted octanol–water partition coefficient (Wildman–Crippen LogP) is 5.91. The van der Waals surface area contributed by atoms with Gasteiger partial charge in [0.15, 0.2) is 0 Å². The number of fused-ring (bicyclic) bond motifs is 3. The summed E-state index contributed by atoms with van der Waals surface area (Å²) >= 11 is 6.15. The minimum Gasteiger partial charge on any atom is -0.456 e. The molecule has 1 nitrogen and oxygen atoms in total. The summed E-state index contributed by atoms with van der Waals surface area (Å²) in [7, 11) is 0. The van der Waals surface area contributed by atoms with Crippen molar-refractivity contribution in [2.75, 3.05) is 0 Å². The van der Waals surface area contributed by atoms with Gasteiger partial charge < -0.3 is 4.42 Å². The van der Waals surface area contributed by atoms with Gasteiger partial charge in [-0.15, -0.1) is 0 Å². The van der Waals surface area contributed by atoms with Gasteiger partial charge in [-0.1, -0.05) is 53.9 Å². The highest BCUT2D eigenvalue weighted by Crippen LogP contribution is 2.34. The average molecular weight is 290 g/mol. The van der Waals surface area contributed by atoms with Crippen molar-refractivity contribution in [2.45, 2.75) is 0 Å². The molecule has 20 heavy (non-hydrogen) atoms. The second-order valence-corrected chi connectivity index (χ2v) is 4.33. The first kappa shape index (κ1) is 4.94. The van der Waals surface area contributed by atoms with Crippen LogP contribution in [0, 0.1) is 0 Å². The van der Waals surface area contributed by atoms with Gasteiger partial charge in [-0.25, -0.2) is 0 Å². The van der Waals surface area contributed by atoms with Gasteiger partial charge in [-0.2, -0.15) is 0 Å². The highest BCUT2D eigenvalue weighted by molar-refractivity contribution is 6.33. The zero-order valence-corrected chi connectivity index (χ0v) is 10.5. The standard InChI is InChI=1S/C18H11ClO/c19-16-7-3-1-5-13(16)12-9-10-15-14-6-2-4-8-17(14)20-18(15)11-12/h1-11H/i1D,2D,3D,4D,5D,6D,7D,8D,9D,10D,11D. The maximum Gasteiger partial charge on any atom is 0.136 e. The van der Waals surface area contributed by atoms with Crippen LogP contribution in [0.1, 0.15) is 15.1 Å². The Labute approximate surface area is 136 Å². The zero-order chi connectivity index (χ0) is 23.1. The van der Waals surface area contributed by atoms with E-state index in [9.17, 15) is 0 Å². The van der Waals surface area contributed by atoms with Gasteiger partial charge in [-0.3, -0.25) is 0 Å². The van der Waals surface area contributed by atoms with Crippen molar-refractivity contribution in [1.29, 1.82) is 0 Å². The molecule has 1 aromatic heterocycles. The maximum atomic E-state index is 8.56. The summed E-state index contributed by atoms with van der Waals surface area (Å²) in [5, 5.41) is -0.717. The van der Waals surface area contributed by atoms with Crippen molar-refractivity contribution in [2.24, 2.45) is 0 Å². The van der Waals surface area contributed by atoms with Gasteiger partial charge in [0.25, 0.3) is 0 Å². The molecule has 0 saturated heterocycles. The molecule has 3 aromatic carbocycles. The number of hydrogen-bond acceptors (Lipinski definition) is 1. The first-order chi connectivity index (χ1) is 14.4. The molecule has 0 aliphatic rings. The number of furan rings is 1. The van der Waals surface area contributed by atoms with E-state index in [1.165, 1.54) is 0 Å². The van der Waals surface area contributed by atoms with Crippen LogP contribution in [0.3, 0.4) is 0 Å². The van der Waals surface area contributed by atoms with E-state index in [4.69, 9.17) is 31.1 Å². The van der Waals surface area contributed by atoms with E-state index in [0.717, 1.165) is 0 Å². The van der Waals surface area contributed by atoms with Crippen molar-refractivity contribution >= 4 is 33.5 Å². The Hall–Kier alpha value is -2.25. The van der Waals surface area contributed by atoms with E-state index < -0.39 is 71.5 Å². The molecule has 0 N–H and O–H groups in total. The van der Waals surface area contributed by atoms with Gasteiger partial charge in [0.2, 0.25) is 0 Å². The number of rotatable bonds is 1. The normalized spacial score (nSPS) is 18.9. The Morgan fingerprint density at radius 1 is 0.800 bits per heavy atom. The predicted molar refractivity (Wildman–Crippen MR) is 84.2 cm³/mol. The number of benzene rings is 3. The van der Waals surface area contributed by atoms with E-state index >= 15 is 0 Å². The third-order valence-corrected chi connectivity index (χ3v) is 3.06. The second kappa shape index (κ2) is 4.39. The first-order valence-corrected chi connectivity index (χ1v) is 5.98. The van der Waals surface area contributed by atoms with Crippen molar-refractivity contribution < 1.29 is 19.5 Å². The monoisotopic (exact) mass is 289 g/mol. The molecule has 0 saturated carbocycles. The van der Waals surface area contributed by atoms with Gasteiger partial charge in [0.1, 0.15) is 11.2 Å². The van der Waals surface area contributed by atoms with Crippen LogP contribution in [0.15, 0.2) is 70.9 Å². The van der Waals surface area contributed by atoms with Crippen LogP contribution in [0.4, 0.5) is 0 Å². The lowest BCUT2D eigenvalue weighted by atomic mass is 10.0. The highest BCUT2D eigenvalue weighted by atomic mass is 35.5. The topological polar surface area (TPSA) is 13.1 Å². The summed E-state index contributed by atoms with van der Waals surface area (Å²) in [5.74, 6) is 0. The molecule has 0 bridgehead atoms. The molecule has 0 spiro atoms. The van der Waals surface area contributed by atoms with E-state index in [1.807, 2.05) is 0 Å². The van der Waals surface area contributed by atoms with Crippen molar-refractivity contribution in [3.05, 3.63) is 71.5 Å². The lowest BCUT2D eigenvalue weighted by molar-refractivity contribution is 0.669. The van der Waals surface area contributed by atoms with Crippen molar-refractivity contribution in [3.63, 3.8) is 0 Å². The van der Waals surface area contributed by atoms with Gasteiger partial charge in [0.05, 0.1) is 15.1 Å². The summed E-state index contributed by atoms with van der Waals surface area (Å²) in [6.45, 7) is 0. The molecule has 2 heteroatoms. The van der Waals surface area contributed by atoms with Crippen LogP contribution in [0.25, 0.3) is 33.1 Å². The van der Waals surface area contributed by atoms with E-state index in [0.29, 0.717) is 0 Å². The molecule has 0 aliphatic heterocycles. The van der Waals surface area contributed by atoms with Crippen LogP contribution in [0.5, 0.6) is 0 Å². The maximum absolute atomic E-state index is 8.56. The molecule has 0 radical (unpaired) electrons. The Morgan fingerprint density at radius 3 is 2.50 bits per heavy atom. The molecule has 96 valence electrons. The molecule has 1 heterocycles. The molecular weight excluding hydrogens is 268 g/mol. The number of para-hydroxylation sites is 1. The minimum atomic E-state index is -0.626. The Bertz CT molecular complexity index is 1430. The lowest BCUT2D eigenvalue weighted by Crippen LogP contribution is -1.78. The zero-order valence-electron chi connectivity index (χ0n) is 20.8. The van der Waals surface area contributed by atoms with E-state index in [1.54, 1.807) is 0 Å². The first-order valence-electron chi connectivity index (χ1n) is 11.1. The molecule has 0 aliphatic carbocycles. The summed E-state index contributed by atoms with van der Waals surface area (Å²) in [4.78, 5) is 0. The fourth-order valence-electron chi connectivity index (χ4n) is 1.89. The largest absolute Gasteiger partial charge is 0.456 e. The summed E-state index contributed by atoms with van der Waals surface area (Å²) in [6, 6.07) is -6.07. The number of hydrogen-bond donors (Lipinski definition) is 0. The van der Waals surface area contributed by atoms with Crippen molar-refractivity contribution in [3.8, 4) is 11.1 Å². The molecule has 0 atom stereocenters. The second-order valence-electron chi connectivity index (χ2n) is 3.95. The third-order valence-electron chi connectivity index (χ3n) is 2.78. The minimum absolute atomic E-state index is 0.138. The van der Waals surface area contributed by atoms with E-state index in [-0.39, 0.29) is 33.1 Å². The molecular formula is C18H11ClO.